The lowest BCUT2D eigenvalue weighted by atomic mass is 10.2. The van der Waals surface area contributed by atoms with Gasteiger partial charge in [0.1, 0.15) is 4.70 Å². The molecule has 12 heteroatoms. The van der Waals surface area contributed by atoms with Crippen molar-refractivity contribution in [1.82, 2.24) is 0 Å². The van der Waals surface area contributed by atoms with Gasteiger partial charge >= 0.3 is 0 Å². The molecule has 3 aromatic rings. The zero-order chi connectivity index (χ0) is 23.6. The highest BCUT2D eigenvalue weighted by Crippen LogP contribution is 2.39. The highest BCUT2D eigenvalue weighted by Gasteiger charge is 2.29. The van der Waals surface area contributed by atoms with Crippen LogP contribution in [0.25, 0.3) is 16.3 Å². The van der Waals surface area contributed by atoms with E-state index in [0.29, 0.717) is 24.7 Å². The van der Waals surface area contributed by atoms with Gasteiger partial charge < -0.3 is 14.2 Å². The summed E-state index contributed by atoms with van der Waals surface area (Å²) in [7, 11) is -8.39. The molecule has 1 aliphatic rings. The van der Waals surface area contributed by atoms with E-state index in [2.05, 4.69) is 0 Å². The molecule has 4 rings (SSSR count). The molecule has 0 amide bonds. The number of hydrogen-bond acceptors (Lipinski definition) is 8. The Morgan fingerprint density at radius 3 is 2.52 bits per heavy atom. The smallest absolute Gasteiger partial charge is 0.268 e. The second kappa shape index (κ2) is 9.39. The number of hydrogen-bond donors (Lipinski definition) is 1. The minimum absolute atomic E-state index is 0.173. The van der Waals surface area contributed by atoms with E-state index in [-0.39, 0.29) is 18.6 Å². The third kappa shape index (κ3) is 5.89. The number of aromatic nitrogens is 1. The molecule has 2 heterocycles. The number of para-hydroxylation sites is 3. The Bertz CT molecular complexity index is 1410. The van der Waals surface area contributed by atoms with Crippen LogP contribution in [0.3, 0.4) is 0 Å². The molecule has 0 aliphatic carbocycles. The molecule has 176 valence electrons. The average Bonchev–Trinajstić information content (AvgIpc) is 3.25. The summed E-state index contributed by atoms with van der Waals surface area (Å²) in [6, 6.07) is 15.0. The third-order valence-electron chi connectivity index (χ3n) is 5.08. The van der Waals surface area contributed by atoms with Gasteiger partial charge in [-0.05, 0) is 24.6 Å². The summed E-state index contributed by atoms with van der Waals surface area (Å²) in [6.07, 6.45) is 2.19. The molecule has 1 aromatic heterocycles. The zero-order valence-electron chi connectivity index (χ0n) is 17.5. The molecule has 9 nitrogen and oxygen atoms in total. The van der Waals surface area contributed by atoms with Gasteiger partial charge in [0, 0.05) is 24.8 Å². The lowest BCUT2D eigenvalue weighted by Crippen LogP contribution is -2.36. The van der Waals surface area contributed by atoms with Crippen LogP contribution < -0.4 is 14.2 Å². The van der Waals surface area contributed by atoms with E-state index in [0.717, 1.165) is 20.9 Å². The largest absolute Gasteiger partial charge is 0.748 e. The zero-order valence-corrected chi connectivity index (χ0v) is 19.9. The van der Waals surface area contributed by atoms with Crippen molar-refractivity contribution in [1.29, 1.82) is 0 Å². The molecule has 33 heavy (non-hydrogen) atoms. The Morgan fingerprint density at radius 1 is 1.03 bits per heavy atom. The number of rotatable bonds is 9. The van der Waals surface area contributed by atoms with Crippen molar-refractivity contribution < 1.29 is 35.2 Å². The summed E-state index contributed by atoms with van der Waals surface area (Å²) >= 11 is 1.49. The van der Waals surface area contributed by atoms with E-state index in [1.165, 1.54) is 11.3 Å². The van der Waals surface area contributed by atoms with Crippen LogP contribution in [0.15, 0.2) is 54.4 Å². The van der Waals surface area contributed by atoms with E-state index in [9.17, 15) is 21.4 Å². The Balaban J connectivity index is 1.68. The molecular formula is C21H22N2O7S3. The first-order valence-electron chi connectivity index (χ1n) is 10.2. The number of nitrogens with zero attached hydrogens (tertiary/aromatic N) is 2. The number of aryl methyl sites for hydroxylation is 1. The second-order valence-corrected chi connectivity index (χ2v) is 11.7. The summed E-state index contributed by atoms with van der Waals surface area (Å²) in [5.74, 6) is 0.291. The number of ether oxygens (including phenoxy) is 1. The first kappa shape index (κ1) is 23.6. The van der Waals surface area contributed by atoms with Crippen LogP contribution in [0.1, 0.15) is 17.8 Å². The summed E-state index contributed by atoms with van der Waals surface area (Å²) in [6.45, 7) is 0.641. The molecule has 0 radical (unpaired) electrons. The predicted molar refractivity (Wildman–Crippen MR) is 125 cm³/mol. The minimum Gasteiger partial charge on any atom is -0.748 e. The van der Waals surface area contributed by atoms with Gasteiger partial charge in [0.05, 0.1) is 27.6 Å². The predicted octanol–water partition coefficient (Wildman–Crippen LogP) is 2.60. The van der Waals surface area contributed by atoms with Crippen LogP contribution in [-0.2, 0) is 26.8 Å². The minimum atomic E-state index is -4.31. The van der Waals surface area contributed by atoms with E-state index in [4.69, 9.17) is 9.29 Å². The second-order valence-electron chi connectivity index (χ2n) is 7.52. The van der Waals surface area contributed by atoms with Gasteiger partial charge in [-0.15, -0.1) is 0 Å². The maximum absolute atomic E-state index is 11.2. The van der Waals surface area contributed by atoms with Crippen molar-refractivity contribution in [3.63, 3.8) is 0 Å². The van der Waals surface area contributed by atoms with Crippen molar-refractivity contribution in [2.45, 2.75) is 19.4 Å². The maximum atomic E-state index is 11.2. The molecule has 1 N–H and O–H groups in total. The van der Waals surface area contributed by atoms with Crippen LogP contribution in [0.5, 0.6) is 5.75 Å². The van der Waals surface area contributed by atoms with Crippen LogP contribution in [0, 0.1) is 0 Å². The number of benzene rings is 2. The summed E-state index contributed by atoms with van der Waals surface area (Å²) in [5.41, 5.74) is 1.69. The highest BCUT2D eigenvalue weighted by atomic mass is 32.2. The Hall–Kier alpha value is -2.51. The van der Waals surface area contributed by atoms with E-state index in [1.807, 2.05) is 64.1 Å². The fourth-order valence-corrected chi connectivity index (χ4v) is 5.78. The monoisotopic (exact) mass is 510 g/mol. The van der Waals surface area contributed by atoms with E-state index >= 15 is 0 Å². The lowest BCUT2D eigenvalue weighted by molar-refractivity contribution is -0.668. The van der Waals surface area contributed by atoms with Crippen molar-refractivity contribution in [3.05, 3.63) is 59.4 Å². The van der Waals surface area contributed by atoms with Crippen LogP contribution in [-0.4, -0.2) is 44.0 Å². The van der Waals surface area contributed by atoms with Crippen LogP contribution in [0.4, 0.5) is 5.69 Å². The van der Waals surface area contributed by atoms with E-state index in [1.54, 1.807) is 0 Å². The standard InChI is InChI=1S/C21H22N2O7S3/c24-32(25,26)13-5-11-22-16-7-1-3-9-18(16)30-20(22)15-21-23(12-6-14-33(27,28)29)17-8-2-4-10-19(17)31-21/h1-4,7-10,15H,5-6,11-14H2,(H-,24,25,26,27,28,29). The van der Waals surface area contributed by atoms with Crippen LogP contribution >= 0.6 is 11.3 Å². The summed E-state index contributed by atoms with van der Waals surface area (Å²) in [4.78, 5) is 1.84. The van der Waals surface area contributed by atoms with Gasteiger partial charge in [-0.1, -0.05) is 35.6 Å². The third-order valence-corrected chi connectivity index (χ3v) is 7.79. The molecule has 0 unspecified atom stereocenters. The summed E-state index contributed by atoms with van der Waals surface area (Å²) in [5, 5.41) is 0.794. The SMILES string of the molecule is O=S(=O)([O-])CCC[n+]1c(/C=C2\Oc3ccccc3N2CCCS(=O)(=O)O)sc2ccccc21. The molecule has 0 spiro atoms. The molecule has 0 bridgehead atoms. The van der Waals surface area contributed by atoms with Gasteiger partial charge in [0.15, 0.2) is 12.3 Å². The fraction of sp³-hybridized carbons (Fsp3) is 0.286. The Morgan fingerprint density at radius 2 is 1.76 bits per heavy atom. The van der Waals surface area contributed by atoms with Crippen molar-refractivity contribution in [2.24, 2.45) is 0 Å². The van der Waals surface area contributed by atoms with Crippen molar-refractivity contribution >= 4 is 53.6 Å². The van der Waals surface area contributed by atoms with Gasteiger partial charge in [-0.2, -0.15) is 13.0 Å². The Labute approximate surface area is 196 Å². The van der Waals surface area contributed by atoms with E-state index < -0.39 is 26.0 Å². The lowest BCUT2D eigenvalue weighted by Gasteiger charge is -2.17. The quantitative estimate of drug-likeness (QED) is 0.344. The fourth-order valence-electron chi connectivity index (χ4n) is 3.69. The van der Waals surface area contributed by atoms with Gasteiger partial charge in [-0.25, -0.2) is 8.42 Å². The molecule has 2 aromatic carbocycles. The molecule has 0 saturated heterocycles. The molecular weight excluding hydrogens is 488 g/mol. The molecule has 0 atom stereocenters. The van der Waals surface area contributed by atoms with Gasteiger partial charge in [-0.3, -0.25) is 4.55 Å². The maximum Gasteiger partial charge on any atom is 0.268 e. The first-order valence-corrected chi connectivity index (χ1v) is 14.2. The van der Waals surface area contributed by atoms with Gasteiger partial charge in [0.2, 0.25) is 11.4 Å². The number of anilines is 1. The molecule has 0 saturated carbocycles. The highest BCUT2D eigenvalue weighted by molar-refractivity contribution is 7.85. The van der Waals surface area contributed by atoms with Crippen molar-refractivity contribution in [3.8, 4) is 5.75 Å². The Kier molecular flexibility index (Phi) is 6.73. The molecule has 1 aliphatic heterocycles. The normalized spacial score (nSPS) is 15.2. The number of fused-ring (bicyclic) bond motifs is 2. The average molecular weight is 511 g/mol. The number of thiazole rings is 1. The van der Waals surface area contributed by atoms with Gasteiger partial charge in [0.25, 0.3) is 15.1 Å². The van der Waals surface area contributed by atoms with Crippen LogP contribution in [0.2, 0.25) is 0 Å². The molecule has 0 fully saturated rings. The summed E-state index contributed by atoms with van der Waals surface area (Å²) < 4.78 is 73.6. The van der Waals surface area contributed by atoms with Crippen molar-refractivity contribution in [2.75, 3.05) is 23.0 Å². The first-order chi connectivity index (χ1) is 15.6. The topological polar surface area (TPSA) is 128 Å².